The summed E-state index contributed by atoms with van der Waals surface area (Å²) in [6.45, 7) is 0. The minimum atomic E-state index is 0.704. The molecule has 0 aliphatic rings. The van der Waals surface area contributed by atoms with Crippen LogP contribution in [0.1, 0.15) is 0 Å². The Kier molecular flexibility index (Phi) is 2.65. The minimum absolute atomic E-state index is 0.704. The fraction of sp³-hybridized carbons (Fsp3) is 0. The molecule has 0 atom stereocenters. The number of hydrogen-bond donors (Lipinski definition) is 0. The van der Waals surface area contributed by atoms with Gasteiger partial charge in [0.2, 0.25) is 0 Å². The summed E-state index contributed by atoms with van der Waals surface area (Å²) in [7, 11) is 0. The van der Waals surface area contributed by atoms with Crippen molar-refractivity contribution in [3.63, 3.8) is 0 Å². The second-order valence-electron chi connectivity index (χ2n) is 3.75. The van der Waals surface area contributed by atoms with Crippen LogP contribution in [0.3, 0.4) is 0 Å². The maximum Gasteiger partial charge on any atom is 0.137 e. The van der Waals surface area contributed by atoms with E-state index in [1.165, 1.54) is 0 Å². The fourth-order valence-corrected chi connectivity index (χ4v) is 2.32. The van der Waals surface area contributed by atoms with Gasteiger partial charge in [-0.1, -0.05) is 39.7 Å². The van der Waals surface area contributed by atoms with Crippen LogP contribution in [0.2, 0.25) is 5.02 Å². The Morgan fingerprint density at radius 3 is 2.82 bits per heavy atom. The van der Waals surface area contributed by atoms with Gasteiger partial charge in [0.25, 0.3) is 0 Å². The van der Waals surface area contributed by atoms with E-state index in [9.17, 15) is 0 Å². The number of pyridine rings is 1. The van der Waals surface area contributed by atoms with Crippen molar-refractivity contribution in [1.82, 2.24) is 9.38 Å². The van der Waals surface area contributed by atoms with Gasteiger partial charge in [0.15, 0.2) is 0 Å². The summed E-state index contributed by atoms with van der Waals surface area (Å²) >= 11 is 9.40. The monoisotopic (exact) mass is 306 g/mol. The van der Waals surface area contributed by atoms with Crippen molar-refractivity contribution in [2.24, 2.45) is 0 Å². The van der Waals surface area contributed by atoms with E-state index in [0.717, 1.165) is 21.4 Å². The number of benzene rings is 1. The molecule has 0 aliphatic carbocycles. The third-order valence-electron chi connectivity index (χ3n) is 2.54. The summed E-state index contributed by atoms with van der Waals surface area (Å²) in [6, 6.07) is 11.8. The molecule has 2 heterocycles. The molecule has 0 saturated carbocycles. The van der Waals surface area contributed by atoms with Crippen LogP contribution >= 0.6 is 27.5 Å². The molecular weight excluding hydrogens is 300 g/mol. The van der Waals surface area contributed by atoms with Gasteiger partial charge in [0, 0.05) is 22.4 Å². The lowest BCUT2D eigenvalue weighted by atomic mass is 10.2. The number of hydrogen-bond acceptors (Lipinski definition) is 1. The highest BCUT2D eigenvalue weighted by Crippen LogP contribution is 2.23. The highest BCUT2D eigenvalue weighted by atomic mass is 79.9. The standard InChI is InChI=1S/C13H8BrClN2/c14-10-3-1-2-9(6-10)12-8-17-7-11(15)4-5-13(17)16-12/h1-8H. The average molecular weight is 308 g/mol. The zero-order valence-corrected chi connectivity index (χ0v) is 11.1. The van der Waals surface area contributed by atoms with Gasteiger partial charge in [-0.3, -0.25) is 0 Å². The van der Waals surface area contributed by atoms with E-state index in [2.05, 4.69) is 20.9 Å². The van der Waals surface area contributed by atoms with E-state index in [1.807, 2.05) is 53.2 Å². The van der Waals surface area contributed by atoms with Gasteiger partial charge < -0.3 is 4.40 Å². The topological polar surface area (TPSA) is 17.3 Å². The third kappa shape index (κ3) is 2.08. The van der Waals surface area contributed by atoms with E-state index >= 15 is 0 Å². The van der Waals surface area contributed by atoms with Crippen LogP contribution in [-0.4, -0.2) is 9.38 Å². The fourth-order valence-electron chi connectivity index (χ4n) is 1.75. The zero-order chi connectivity index (χ0) is 11.8. The summed E-state index contributed by atoms with van der Waals surface area (Å²) in [6.07, 6.45) is 3.83. The molecule has 17 heavy (non-hydrogen) atoms. The van der Waals surface area contributed by atoms with Gasteiger partial charge in [-0.15, -0.1) is 0 Å². The second kappa shape index (κ2) is 4.17. The quantitative estimate of drug-likeness (QED) is 0.650. The van der Waals surface area contributed by atoms with Gasteiger partial charge in [-0.25, -0.2) is 4.98 Å². The van der Waals surface area contributed by atoms with Gasteiger partial charge in [0.1, 0.15) is 5.65 Å². The van der Waals surface area contributed by atoms with Crippen LogP contribution in [0.15, 0.2) is 53.3 Å². The molecule has 0 unspecified atom stereocenters. The van der Waals surface area contributed by atoms with Crippen molar-refractivity contribution in [3.05, 3.63) is 58.3 Å². The lowest BCUT2D eigenvalue weighted by molar-refractivity contribution is 1.19. The predicted octanol–water partition coefficient (Wildman–Crippen LogP) is 4.42. The Labute approximate surface area is 112 Å². The summed E-state index contributed by atoms with van der Waals surface area (Å²) in [5, 5.41) is 0.704. The first-order chi connectivity index (χ1) is 8.22. The van der Waals surface area contributed by atoms with Crippen molar-refractivity contribution in [2.45, 2.75) is 0 Å². The molecule has 3 aromatic rings. The lowest BCUT2D eigenvalue weighted by Crippen LogP contribution is -1.79. The Bertz CT molecular complexity index is 691. The van der Waals surface area contributed by atoms with Crippen LogP contribution in [0, 0.1) is 0 Å². The number of fused-ring (bicyclic) bond motifs is 1. The molecule has 0 N–H and O–H groups in total. The zero-order valence-electron chi connectivity index (χ0n) is 8.77. The van der Waals surface area contributed by atoms with E-state index in [-0.39, 0.29) is 0 Å². The van der Waals surface area contributed by atoms with Gasteiger partial charge in [-0.05, 0) is 24.3 Å². The maximum atomic E-state index is 5.94. The molecule has 0 aliphatic heterocycles. The summed E-state index contributed by atoms with van der Waals surface area (Å²) in [4.78, 5) is 4.55. The third-order valence-corrected chi connectivity index (χ3v) is 3.25. The number of halogens is 2. The maximum absolute atomic E-state index is 5.94. The molecule has 1 aromatic carbocycles. The van der Waals surface area contributed by atoms with E-state index in [1.54, 1.807) is 0 Å². The molecule has 0 bridgehead atoms. The van der Waals surface area contributed by atoms with Crippen LogP contribution in [0.4, 0.5) is 0 Å². The van der Waals surface area contributed by atoms with E-state index < -0.39 is 0 Å². The molecular formula is C13H8BrClN2. The van der Waals surface area contributed by atoms with Crippen LogP contribution in [-0.2, 0) is 0 Å². The number of rotatable bonds is 1. The van der Waals surface area contributed by atoms with Crippen LogP contribution in [0.5, 0.6) is 0 Å². The average Bonchev–Trinajstić information content (AvgIpc) is 2.72. The molecule has 84 valence electrons. The molecule has 0 saturated heterocycles. The van der Waals surface area contributed by atoms with Crippen molar-refractivity contribution < 1.29 is 0 Å². The van der Waals surface area contributed by atoms with E-state index in [0.29, 0.717) is 5.02 Å². The summed E-state index contributed by atoms with van der Waals surface area (Å²) in [5.74, 6) is 0. The Balaban J connectivity index is 2.18. The molecule has 0 amide bonds. The van der Waals surface area contributed by atoms with Crippen molar-refractivity contribution in [3.8, 4) is 11.3 Å². The molecule has 2 nitrogen and oxygen atoms in total. The first-order valence-corrected chi connectivity index (χ1v) is 6.30. The predicted molar refractivity (Wildman–Crippen MR) is 73.3 cm³/mol. The van der Waals surface area contributed by atoms with Crippen molar-refractivity contribution >= 4 is 33.2 Å². The second-order valence-corrected chi connectivity index (χ2v) is 5.10. The molecule has 0 radical (unpaired) electrons. The summed E-state index contributed by atoms with van der Waals surface area (Å²) < 4.78 is 2.98. The van der Waals surface area contributed by atoms with Gasteiger partial charge in [0.05, 0.1) is 10.7 Å². The first-order valence-electron chi connectivity index (χ1n) is 5.12. The van der Waals surface area contributed by atoms with Crippen LogP contribution < -0.4 is 0 Å². The normalized spacial score (nSPS) is 10.9. The SMILES string of the molecule is Clc1ccc2nc(-c3cccc(Br)c3)cn2c1. The highest BCUT2D eigenvalue weighted by molar-refractivity contribution is 9.10. The largest absolute Gasteiger partial charge is 0.305 e. The molecule has 0 spiro atoms. The Morgan fingerprint density at radius 2 is 2.00 bits per heavy atom. The molecule has 2 aromatic heterocycles. The van der Waals surface area contributed by atoms with Crippen LogP contribution in [0.25, 0.3) is 16.9 Å². The molecule has 0 fully saturated rings. The first kappa shape index (κ1) is 10.8. The Morgan fingerprint density at radius 1 is 1.12 bits per heavy atom. The van der Waals surface area contributed by atoms with E-state index in [4.69, 9.17) is 11.6 Å². The Hall–Kier alpha value is -1.32. The van der Waals surface area contributed by atoms with Gasteiger partial charge >= 0.3 is 0 Å². The molecule has 3 rings (SSSR count). The minimum Gasteiger partial charge on any atom is -0.305 e. The number of aromatic nitrogens is 2. The smallest absolute Gasteiger partial charge is 0.137 e. The number of nitrogens with zero attached hydrogens (tertiary/aromatic N) is 2. The van der Waals surface area contributed by atoms with Crippen molar-refractivity contribution in [2.75, 3.05) is 0 Å². The highest BCUT2D eigenvalue weighted by Gasteiger charge is 2.04. The molecule has 4 heteroatoms. The van der Waals surface area contributed by atoms with Gasteiger partial charge in [-0.2, -0.15) is 0 Å². The van der Waals surface area contributed by atoms with Crippen molar-refractivity contribution in [1.29, 1.82) is 0 Å². The number of imidazole rings is 1. The summed E-state index contributed by atoms with van der Waals surface area (Å²) in [5.41, 5.74) is 2.91. The lowest BCUT2D eigenvalue weighted by Gasteiger charge is -1.95.